The predicted octanol–water partition coefficient (Wildman–Crippen LogP) is 17.4. The molecule has 0 radical (unpaired) electrons. The summed E-state index contributed by atoms with van der Waals surface area (Å²) >= 11 is 2.41. The van der Waals surface area contributed by atoms with E-state index in [1.165, 1.54) is 149 Å². The van der Waals surface area contributed by atoms with Gasteiger partial charge in [0.05, 0.1) is 11.2 Å². The molecular weight excluding hydrogens is 794 g/mol. The van der Waals surface area contributed by atoms with E-state index in [0.29, 0.717) is 10.8 Å². The molecule has 316 valence electrons. The number of aryl methyl sites for hydroxylation is 2. The van der Waals surface area contributed by atoms with Crippen LogP contribution in [0.25, 0.3) is 11.1 Å². The molecule has 0 N–H and O–H groups in total. The zero-order valence-electron chi connectivity index (χ0n) is 38.7. The van der Waals surface area contributed by atoms with Crippen LogP contribution < -0.4 is 0 Å². The summed E-state index contributed by atoms with van der Waals surface area (Å²) < 4.78 is 14.9. The van der Waals surface area contributed by atoms with Crippen molar-refractivity contribution >= 4 is 40.9 Å². The number of rotatable bonds is 23. The van der Waals surface area contributed by atoms with Crippen molar-refractivity contribution < 1.29 is 9.31 Å². The van der Waals surface area contributed by atoms with Gasteiger partial charge >= 0.3 is 7.12 Å². The fourth-order valence-corrected chi connectivity index (χ4v) is 8.04. The Morgan fingerprint density at radius 2 is 0.982 bits per heavy atom. The van der Waals surface area contributed by atoms with Gasteiger partial charge in [-0.2, -0.15) is 0 Å². The van der Waals surface area contributed by atoms with Gasteiger partial charge in [0, 0.05) is 0 Å². The lowest BCUT2D eigenvalue weighted by atomic mass is 9.83. The highest BCUT2D eigenvalue weighted by molar-refractivity contribution is 14.1. The van der Waals surface area contributed by atoms with Gasteiger partial charge in [-0.25, -0.2) is 0 Å². The van der Waals surface area contributed by atoms with Crippen molar-refractivity contribution in [1.29, 1.82) is 0 Å². The first-order valence-corrected chi connectivity index (χ1v) is 24.2. The van der Waals surface area contributed by atoms with Gasteiger partial charge < -0.3 is 9.31 Å². The summed E-state index contributed by atoms with van der Waals surface area (Å²) in [5, 5.41) is 0. The summed E-state index contributed by atoms with van der Waals surface area (Å²) in [4.78, 5) is 0. The standard InChI is InChI=1S/C29H49BO2.C23H37I/c1-9-10-11-14-19-26(23-30-31-28(5,6)29(7,8)32-30)25-20-16-18-24(22-25)17-13-12-15-21-27(2,3)4;1-5-6-7-10-15-22(19-24)21-16-12-14-20(18-21)13-9-8-11-17-23(2,3)4/h16,18,20,22-23H,9-15,17,19,21H2,1-8H3;12,14,16,18-19H,5-11,13,15,17H2,1-4H3/b26-23+;22-19+. The van der Waals surface area contributed by atoms with Gasteiger partial charge in [-0.3, -0.25) is 0 Å². The van der Waals surface area contributed by atoms with Crippen LogP contribution >= 0.6 is 22.6 Å². The summed E-state index contributed by atoms with van der Waals surface area (Å²) in [7, 11) is -0.276. The van der Waals surface area contributed by atoms with E-state index in [4.69, 9.17) is 9.31 Å². The van der Waals surface area contributed by atoms with Crippen molar-refractivity contribution in [3.8, 4) is 0 Å². The summed E-state index contributed by atoms with van der Waals surface area (Å²) in [6, 6.07) is 18.4. The Morgan fingerprint density at radius 1 is 0.571 bits per heavy atom. The Hall–Kier alpha value is -1.37. The number of allylic oxidation sites excluding steroid dienone is 2. The van der Waals surface area contributed by atoms with E-state index in [1.807, 2.05) is 0 Å². The molecule has 1 heterocycles. The van der Waals surface area contributed by atoms with Gasteiger partial charge in [0.15, 0.2) is 0 Å². The van der Waals surface area contributed by atoms with E-state index in [1.54, 1.807) is 0 Å². The summed E-state index contributed by atoms with van der Waals surface area (Å²) in [6.45, 7) is 27.1. The second-order valence-corrected chi connectivity index (χ2v) is 20.8. The van der Waals surface area contributed by atoms with Crippen molar-refractivity contribution in [1.82, 2.24) is 0 Å². The number of hydrogen-bond acceptors (Lipinski definition) is 2. The monoisotopic (exact) mass is 881 g/mol. The summed E-state index contributed by atoms with van der Waals surface area (Å²) in [5.41, 5.74) is 8.96. The van der Waals surface area contributed by atoms with Gasteiger partial charge in [0.1, 0.15) is 0 Å². The maximum Gasteiger partial charge on any atom is 0.487 e. The Labute approximate surface area is 362 Å². The smallest absolute Gasteiger partial charge is 0.400 e. The highest BCUT2D eigenvalue weighted by Gasteiger charge is 2.50. The second-order valence-electron chi connectivity index (χ2n) is 20.2. The summed E-state index contributed by atoms with van der Waals surface area (Å²) in [6.07, 6.45) is 25.7. The zero-order chi connectivity index (χ0) is 41.7. The minimum Gasteiger partial charge on any atom is -0.400 e. The van der Waals surface area contributed by atoms with Crippen LogP contribution in [0.5, 0.6) is 0 Å². The fourth-order valence-electron chi connectivity index (χ4n) is 7.37. The largest absolute Gasteiger partial charge is 0.487 e. The van der Waals surface area contributed by atoms with Gasteiger partial charge in [0.25, 0.3) is 0 Å². The minimum absolute atomic E-state index is 0.276. The van der Waals surface area contributed by atoms with E-state index in [-0.39, 0.29) is 18.3 Å². The molecule has 4 heteroatoms. The SMILES string of the molecule is CCCCCC/C(=C\B1OC(C)(C)C(C)(C)O1)c1cccc(CCCCCC(C)(C)C)c1.CCCCCC/C(=C\I)c1cccc(CCCCCC(C)(C)C)c1. The molecule has 1 saturated heterocycles. The molecule has 1 aliphatic heterocycles. The molecular formula is C52H86BIO2. The average molecular weight is 881 g/mol. The van der Waals surface area contributed by atoms with E-state index >= 15 is 0 Å². The lowest BCUT2D eigenvalue weighted by Crippen LogP contribution is -2.41. The van der Waals surface area contributed by atoms with Gasteiger partial charge in [-0.1, -0.05) is 197 Å². The number of unbranched alkanes of at least 4 members (excludes halogenated alkanes) is 10. The van der Waals surface area contributed by atoms with Crippen LogP contribution in [0.1, 0.15) is 221 Å². The molecule has 0 aliphatic carbocycles. The minimum atomic E-state index is -0.295. The first-order valence-electron chi connectivity index (χ1n) is 22.9. The topological polar surface area (TPSA) is 18.5 Å². The Morgan fingerprint density at radius 3 is 1.39 bits per heavy atom. The van der Waals surface area contributed by atoms with Gasteiger partial charge in [0.2, 0.25) is 0 Å². The van der Waals surface area contributed by atoms with Crippen LogP contribution in [0.4, 0.5) is 0 Å². The molecule has 1 aliphatic rings. The highest BCUT2D eigenvalue weighted by atomic mass is 127. The van der Waals surface area contributed by atoms with E-state index in [0.717, 1.165) is 12.8 Å². The maximum atomic E-state index is 6.29. The van der Waals surface area contributed by atoms with E-state index in [9.17, 15) is 0 Å². The van der Waals surface area contributed by atoms with Crippen molar-refractivity contribution in [3.63, 3.8) is 0 Å². The van der Waals surface area contributed by atoms with Crippen LogP contribution in [-0.4, -0.2) is 18.3 Å². The maximum absolute atomic E-state index is 6.29. The van der Waals surface area contributed by atoms with Crippen LogP contribution in [0.3, 0.4) is 0 Å². The van der Waals surface area contributed by atoms with Crippen LogP contribution in [-0.2, 0) is 22.2 Å². The van der Waals surface area contributed by atoms with Crippen LogP contribution in [0.15, 0.2) is 58.6 Å². The first-order chi connectivity index (χ1) is 26.4. The molecule has 2 aromatic rings. The Kier molecular flexibility index (Phi) is 23.6. The second kappa shape index (κ2) is 26.0. The fraction of sp³-hybridized carbons (Fsp3) is 0.692. The molecule has 0 amide bonds. The lowest BCUT2D eigenvalue weighted by molar-refractivity contribution is 0.00578. The molecule has 3 rings (SSSR count). The molecule has 0 aromatic heterocycles. The summed E-state index contributed by atoms with van der Waals surface area (Å²) in [5.74, 6) is 2.24. The highest BCUT2D eigenvalue weighted by Crippen LogP contribution is 2.38. The van der Waals surface area contributed by atoms with Crippen molar-refractivity contribution in [2.24, 2.45) is 10.8 Å². The predicted molar refractivity (Wildman–Crippen MR) is 260 cm³/mol. The molecule has 0 unspecified atom stereocenters. The number of halogens is 1. The third-order valence-electron chi connectivity index (χ3n) is 11.7. The van der Waals surface area contributed by atoms with Crippen molar-refractivity contribution in [2.75, 3.05) is 0 Å². The molecule has 56 heavy (non-hydrogen) atoms. The molecule has 2 nitrogen and oxygen atoms in total. The van der Waals surface area contributed by atoms with Crippen molar-refractivity contribution in [3.05, 3.63) is 80.8 Å². The van der Waals surface area contributed by atoms with Gasteiger partial charge in [-0.05, 0) is 140 Å². The van der Waals surface area contributed by atoms with Crippen molar-refractivity contribution in [2.45, 2.75) is 223 Å². The normalized spacial score (nSPS) is 15.9. The molecule has 2 aromatic carbocycles. The van der Waals surface area contributed by atoms with Crippen LogP contribution in [0.2, 0.25) is 0 Å². The first kappa shape index (κ1) is 50.8. The molecule has 0 spiro atoms. The molecule has 0 bridgehead atoms. The molecule has 0 saturated carbocycles. The van der Waals surface area contributed by atoms with E-state index < -0.39 is 0 Å². The Bertz CT molecular complexity index is 1410. The average Bonchev–Trinajstić information content (AvgIpc) is 3.33. The Balaban J connectivity index is 0.000000404. The number of benzene rings is 2. The van der Waals surface area contributed by atoms with Crippen LogP contribution in [0, 0.1) is 10.8 Å². The number of hydrogen-bond donors (Lipinski definition) is 0. The van der Waals surface area contributed by atoms with E-state index in [2.05, 4.69) is 164 Å². The zero-order valence-corrected chi connectivity index (χ0v) is 40.8. The van der Waals surface area contributed by atoms with Gasteiger partial charge in [-0.15, -0.1) is 0 Å². The quantitative estimate of drug-likeness (QED) is 0.0629. The molecule has 0 atom stereocenters. The molecule has 1 fully saturated rings. The third-order valence-corrected chi connectivity index (χ3v) is 12.5. The lowest BCUT2D eigenvalue weighted by Gasteiger charge is -2.32. The third kappa shape index (κ3) is 21.1.